The van der Waals surface area contributed by atoms with Crippen molar-refractivity contribution in [3.63, 3.8) is 0 Å². The van der Waals surface area contributed by atoms with Crippen molar-refractivity contribution in [1.82, 2.24) is 0 Å². The van der Waals surface area contributed by atoms with Crippen molar-refractivity contribution in [1.29, 1.82) is 0 Å². The van der Waals surface area contributed by atoms with Crippen LogP contribution in [0, 0.1) is 6.92 Å². The monoisotopic (exact) mass is 270 g/mol. The maximum Gasteiger partial charge on any atom is 0.255 e. The highest BCUT2D eigenvalue weighted by atomic mass is 16.5. The van der Waals surface area contributed by atoms with Gasteiger partial charge in [0.2, 0.25) is 0 Å². The average Bonchev–Trinajstić information content (AvgIpc) is 2.41. The molecule has 0 aliphatic rings. The first kappa shape index (κ1) is 13.9. The van der Waals surface area contributed by atoms with Crippen LogP contribution in [0.4, 0.5) is 11.4 Å². The number of benzene rings is 2. The Morgan fingerprint density at radius 3 is 2.55 bits per heavy atom. The molecule has 0 atom stereocenters. The van der Waals surface area contributed by atoms with Crippen LogP contribution in [0.2, 0.25) is 0 Å². The van der Waals surface area contributed by atoms with Crippen LogP contribution < -0.4 is 15.8 Å². The number of nitrogens with two attached hydrogens (primary N) is 1. The van der Waals surface area contributed by atoms with Crippen LogP contribution in [-0.4, -0.2) is 12.5 Å². The molecule has 0 aliphatic heterocycles. The van der Waals surface area contributed by atoms with E-state index in [1.807, 2.05) is 38.1 Å². The third-order valence-electron chi connectivity index (χ3n) is 2.81. The number of rotatable bonds is 4. The lowest BCUT2D eigenvalue weighted by Gasteiger charge is -2.09. The van der Waals surface area contributed by atoms with Crippen LogP contribution in [-0.2, 0) is 0 Å². The van der Waals surface area contributed by atoms with Crippen LogP contribution in [0.15, 0.2) is 42.5 Å². The number of anilines is 2. The van der Waals surface area contributed by atoms with Crippen molar-refractivity contribution in [2.45, 2.75) is 13.8 Å². The minimum Gasteiger partial charge on any atom is -0.494 e. The Bertz CT molecular complexity index is 606. The number of nitrogens with one attached hydrogen (secondary N) is 1. The lowest BCUT2D eigenvalue weighted by Crippen LogP contribution is -2.12. The third-order valence-corrected chi connectivity index (χ3v) is 2.81. The molecular weight excluding hydrogens is 252 g/mol. The van der Waals surface area contributed by atoms with Crippen LogP contribution in [0.5, 0.6) is 5.75 Å². The standard InChI is InChI=1S/C16H18N2O2/c1-3-20-15-9-12(8-13(17)10-15)16(19)18-14-6-4-11(2)5-7-14/h4-10H,3,17H2,1-2H3,(H,18,19). The Kier molecular flexibility index (Phi) is 4.25. The highest BCUT2D eigenvalue weighted by Gasteiger charge is 2.09. The van der Waals surface area contributed by atoms with Gasteiger partial charge in [0.15, 0.2) is 0 Å². The van der Waals surface area contributed by atoms with Crippen LogP contribution in [0.25, 0.3) is 0 Å². The van der Waals surface area contributed by atoms with E-state index in [1.165, 1.54) is 0 Å². The molecular formula is C16H18N2O2. The van der Waals surface area contributed by atoms with Gasteiger partial charge in [-0.15, -0.1) is 0 Å². The van der Waals surface area contributed by atoms with Gasteiger partial charge < -0.3 is 15.8 Å². The molecule has 0 bridgehead atoms. The molecule has 104 valence electrons. The van der Waals surface area contributed by atoms with Gasteiger partial charge in [-0.25, -0.2) is 0 Å². The quantitative estimate of drug-likeness (QED) is 0.838. The van der Waals surface area contributed by atoms with Gasteiger partial charge in [0.1, 0.15) is 5.75 Å². The van der Waals surface area contributed by atoms with Gasteiger partial charge >= 0.3 is 0 Å². The van der Waals surface area contributed by atoms with E-state index in [-0.39, 0.29) is 5.91 Å². The number of ether oxygens (including phenoxy) is 1. The van der Waals surface area contributed by atoms with E-state index >= 15 is 0 Å². The SMILES string of the molecule is CCOc1cc(N)cc(C(=O)Nc2ccc(C)cc2)c1. The molecule has 20 heavy (non-hydrogen) atoms. The van der Waals surface area contributed by atoms with Crippen molar-refractivity contribution < 1.29 is 9.53 Å². The molecule has 2 rings (SSSR count). The third kappa shape index (κ3) is 3.51. The summed E-state index contributed by atoms with van der Waals surface area (Å²) in [4.78, 5) is 12.2. The number of amides is 1. The summed E-state index contributed by atoms with van der Waals surface area (Å²) < 4.78 is 5.38. The van der Waals surface area contributed by atoms with Gasteiger partial charge in [0.05, 0.1) is 6.61 Å². The molecule has 4 nitrogen and oxygen atoms in total. The van der Waals surface area contributed by atoms with Crippen molar-refractivity contribution in [2.24, 2.45) is 0 Å². The lowest BCUT2D eigenvalue weighted by atomic mass is 10.1. The molecule has 2 aromatic rings. The van der Waals surface area contributed by atoms with Gasteiger partial charge in [-0.2, -0.15) is 0 Å². The summed E-state index contributed by atoms with van der Waals surface area (Å²) in [5, 5.41) is 2.83. The minimum absolute atomic E-state index is 0.206. The highest BCUT2D eigenvalue weighted by molar-refractivity contribution is 6.05. The molecule has 0 saturated carbocycles. The Hall–Kier alpha value is -2.49. The average molecular weight is 270 g/mol. The van der Waals surface area contributed by atoms with Gasteiger partial charge in [-0.3, -0.25) is 4.79 Å². The molecule has 0 saturated heterocycles. The normalized spacial score (nSPS) is 10.1. The maximum absolute atomic E-state index is 12.2. The second-order valence-corrected chi connectivity index (χ2v) is 4.54. The number of aryl methyl sites for hydroxylation is 1. The van der Waals surface area contributed by atoms with Crippen LogP contribution >= 0.6 is 0 Å². The largest absolute Gasteiger partial charge is 0.494 e. The van der Waals surface area contributed by atoms with Crippen molar-refractivity contribution in [2.75, 3.05) is 17.7 Å². The summed E-state index contributed by atoms with van der Waals surface area (Å²) in [6.07, 6.45) is 0. The number of carbonyl (C=O) groups excluding carboxylic acids is 1. The topological polar surface area (TPSA) is 64.3 Å². The molecule has 0 radical (unpaired) electrons. The van der Waals surface area contributed by atoms with E-state index in [0.29, 0.717) is 23.6 Å². The summed E-state index contributed by atoms with van der Waals surface area (Å²) in [5.41, 5.74) is 8.66. The minimum atomic E-state index is -0.206. The van der Waals surface area contributed by atoms with Gasteiger partial charge in [-0.05, 0) is 38.1 Å². The van der Waals surface area contributed by atoms with Crippen molar-refractivity contribution in [3.8, 4) is 5.75 Å². The van der Waals surface area contributed by atoms with E-state index in [9.17, 15) is 4.79 Å². The Morgan fingerprint density at radius 1 is 1.20 bits per heavy atom. The fraction of sp³-hybridized carbons (Fsp3) is 0.188. The Balaban J connectivity index is 2.18. The summed E-state index contributed by atoms with van der Waals surface area (Å²) in [5.74, 6) is 0.392. The summed E-state index contributed by atoms with van der Waals surface area (Å²) >= 11 is 0. The second kappa shape index (κ2) is 6.10. The van der Waals surface area contributed by atoms with E-state index in [4.69, 9.17) is 10.5 Å². The first-order chi connectivity index (χ1) is 9.58. The number of carbonyl (C=O) groups is 1. The molecule has 0 aliphatic carbocycles. The first-order valence-electron chi connectivity index (χ1n) is 6.50. The predicted molar refractivity (Wildman–Crippen MR) is 81.2 cm³/mol. The lowest BCUT2D eigenvalue weighted by molar-refractivity contribution is 0.102. The number of hydrogen-bond donors (Lipinski definition) is 2. The zero-order valence-corrected chi connectivity index (χ0v) is 11.6. The second-order valence-electron chi connectivity index (χ2n) is 4.54. The van der Waals surface area contributed by atoms with Crippen molar-refractivity contribution in [3.05, 3.63) is 53.6 Å². The number of hydrogen-bond acceptors (Lipinski definition) is 3. The van der Waals surface area contributed by atoms with E-state index < -0.39 is 0 Å². The summed E-state index contributed by atoms with van der Waals surface area (Å²) in [7, 11) is 0. The molecule has 4 heteroatoms. The van der Waals surface area contributed by atoms with E-state index in [1.54, 1.807) is 18.2 Å². The van der Waals surface area contributed by atoms with Gasteiger partial charge in [0.25, 0.3) is 5.91 Å². The Morgan fingerprint density at radius 2 is 1.90 bits per heavy atom. The number of nitrogen functional groups attached to an aromatic ring is 1. The Labute approximate surface area is 118 Å². The van der Waals surface area contributed by atoms with E-state index in [2.05, 4.69) is 5.32 Å². The fourth-order valence-electron chi connectivity index (χ4n) is 1.84. The molecule has 0 spiro atoms. The zero-order valence-electron chi connectivity index (χ0n) is 11.6. The van der Waals surface area contributed by atoms with E-state index in [0.717, 1.165) is 11.3 Å². The smallest absolute Gasteiger partial charge is 0.255 e. The summed E-state index contributed by atoms with van der Waals surface area (Å²) in [6, 6.07) is 12.6. The molecule has 2 aromatic carbocycles. The molecule has 0 aromatic heterocycles. The summed E-state index contributed by atoms with van der Waals surface area (Å²) in [6.45, 7) is 4.41. The van der Waals surface area contributed by atoms with Crippen molar-refractivity contribution >= 4 is 17.3 Å². The molecule has 3 N–H and O–H groups in total. The molecule has 0 fully saturated rings. The highest BCUT2D eigenvalue weighted by Crippen LogP contribution is 2.20. The zero-order chi connectivity index (χ0) is 14.5. The predicted octanol–water partition coefficient (Wildman–Crippen LogP) is 3.23. The van der Waals surface area contributed by atoms with Gasteiger partial charge in [-0.1, -0.05) is 17.7 Å². The van der Waals surface area contributed by atoms with Gasteiger partial charge in [0, 0.05) is 23.0 Å². The fourth-order valence-corrected chi connectivity index (χ4v) is 1.84. The van der Waals surface area contributed by atoms with Crippen LogP contribution in [0.1, 0.15) is 22.8 Å². The maximum atomic E-state index is 12.2. The molecule has 1 amide bonds. The first-order valence-corrected chi connectivity index (χ1v) is 6.50. The molecule has 0 heterocycles. The molecule has 0 unspecified atom stereocenters. The van der Waals surface area contributed by atoms with Crippen LogP contribution in [0.3, 0.4) is 0 Å².